The van der Waals surface area contributed by atoms with Gasteiger partial charge in [-0.2, -0.15) is 36.3 Å². The lowest BCUT2D eigenvalue weighted by molar-refractivity contribution is -0.183. The molecule has 166 valence electrons. The van der Waals surface area contributed by atoms with Crippen molar-refractivity contribution < 1.29 is 35.9 Å². The van der Waals surface area contributed by atoms with Crippen LogP contribution in [-0.2, 0) is 15.7 Å². The maximum atomic E-state index is 13.7. The lowest BCUT2D eigenvalue weighted by Gasteiger charge is -2.31. The predicted octanol–water partition coefficient (Wildman–Crippen LogP) is 3.60. The molecule has 0 saturated carbocycles. The molecule has 3 rings (SSSR count). The monoisotopic (exact) mass is 447 g/mol. The topological polar surface area (TPSA) is 116 Å². The number of allylic oxidation sites excluding steroid dienone is 1. The molecule has 0 aliphatic carbocycles. The van der Waals surface area contributed by atoms with Gasteiger partial charge in [-0.3, -0.25) is 0 Å². The molecule has 7 nitrogen and oxygen atoms in total. The summed E-state index contributed by atoms with van der Waals surface area (Å²) in [5, 5.41) is 2.63. The number of halogens is 6. The van der Waals surface area contributed by atoms with E-state index in [1.165, 1.54) is 13.0 Å². The van der Waals surface area contributed by atoms with E-state index in [1.54, 1.807) is 0 Å². The number of carbonyl (C=O) groups is 1. The van der Waals surface area contributed by atoms with Crippen LogP contribution in [0.1, 0.15) is 29.5 Å². The highest BCUT2D eigenvalue weighted by molar-refractivity contribution is 5.95. The maximum absolute atomic E-state index is 13.7. The first-order valence-corrected chi connectivity index (χ1v) is 8.60. The Morgan fingerprint density at radius 2 is 1.77 bits per heavy atom. The minimum atomic E-state index is -4.83. The van der Waals surface area contributed by atoms with Crippen LogP contribution in [-0.4, -0.2) is 28.7 Å². The van der Waals surface area contributed by atoms with E-state index in [0.717, 1.165) is 18.2 Å². The van der Waals surface area contributed by atoms with Gasteiger partial charge in [-0.05, 0) is 18.6 Å². The molecular formula is C18H15F6N5O2. The SMILES string of the molecule is CC1=C(C(=O)OCC(F)(F)F)C(c2ccccc2C(F)(F)F)c2c(N)nc(N)nc2N1. The Balaban J connectivity index is 2.25. The van der Waals surface area contributed by atoms with Crippen LogP contribution in [0.5, 0.6) is 0 Å². The van der Waals surface area contributed by atoms with Gasteiger partial charge in [0, 0.05) is 11.3 Å². The van der Waals surface area contributed by atoms with Crippen molar-refractivity contribution in [3.63, 3.8) is 0 Å². The van der Waals surface area contributed by atoms with Gasteiger partial charge < -0.3 is 21.5 Å². The normalized spacial score (nSPS) is 16.5. The number of alkyl halides is 6. The Bertz CT molecular complexity index is 1060. The second kappa shape index (κ2) is 7.63. The van der Waals surface area contributed by atoms with Crippen molar-refractivity contribution in [1.82, 2.24) is 9.97 Å². The van der Waals surface area contributed by atoms with E-state index in [-0.39, 0.29) is 28.8 Å². The lowest BCUT2D eigenvalue weighted by atomic mass is 9.80. The molecule has 0 spiro atoms. The third-order valence-electron chi connectivity index (χ3n) is 4.44. The molecule has 0 fully saturated rings. The van der Waals surface area contributed by atoms with Crippen LogP contribution in [0.2, 0.25) is 0 Å². The summed E-state index contributed by atoms with van der Waals surface area (Å²) in [6.07, 6.45) is -9.67. The van der Waals surface area contributed by atoms with Gasteiger partial charge in [0.1, 0.15) is 11.6 Å². The third kappa shape index (κ3) is 4.49. The van der Waals surface area contributed by atoms with Gasteiger partial charge >= 0.3 is 18.3 Å². The molecule has 1 atom stereocenters. The Morgan fingerprint density at radius 1 is 1.13 bits per heavy atom. The van der Waals surface area contributed by atoms with Crippen LogP contribution in [0.4, 0.5) is 43.9 Å². The Labute approximate surface area is 171 Å². The van der Waals surface area contributed by atoms with Gasteiger partial charge in [0.25, 0.3) is 0 Å². The number of nitrogens with two attached hydrogens (primary N) is 2. The van der Waals surface area contributed by atoms with Crippen LogP contribution in [0.15, 0.2) is 35.5 Å². The number of hydrogen-bond acceptors (Lipinski definition) is 7. The standard InChI is InChI=1S/C18H15F6N5O2/c1-7-10(15(30)31-6-17(19,20)21)11(8-4-2-3-5-9(8)18(22,23)24)12-13(25)28-16(26)29-14(12)27-7/h2-5,11H,6H2,1H3,(H5,25,26,27,28,29). The maximum Gasteiger partial charge on any atom is 0.422 e. The minimum absolute atomic E-state index is 0.0702. The van der Waals surface area contributed by atoms with Crippen LogP contribution in [0, 0.1) is 0 Å². The first-order valence-electron chi connectivity index (χ1n) is 8.60. The van der Waals surface area contributed by atoms with E-state index in [9.17, 15) is 31.1 Å². The molecular weight excluding hydrogens is 432 g/mol. The van der Waals surface area contributed by atoms with Crippen molar-refractivity contribution in [3.05, 3.63) is 52.2 Å². The van der Waals surface area contributed by atoms with E-state index in [2.05, 4.69) is 20.0 Å². The quantitative estimate of drug-likeness (QED) is 0.486. The van der Waals surface area contributed by atoms with Gasteiger partial charge in [-0.1, -0.05) is 18.2 Å². The summed E-state index contributed by atoms with van der Waals surface area (Å²) >= 11 is 0. The molecule has 2 aromatic rings. The number of benzene rings is 1. The zero-order chi connectivity index (χ0) is 23.1. The first-order chi connectivity index (χ1) is 14.3. The molecule has 0 bridgehead atoms. The number of carbonyl (C=O) groups excluding carboxylic acids is 1. The highest BCUT2D eigenvalue weighted by Crippen LogP contribution is 2.47. The van der Waals surface area contributed by atoms with Crippen molar-refractivity contribution in [2.75, 3.05) is 23.4 Å². The van der Waals surface area contributed by atoms with Crippen molar-refractivity contribution in [1.29, 1.82) is 0 Å². The summed E-state index contributed by atoms with van der Waals surface area (Å²) in [4.78, 5) is 20.2. The smallest absolute Gasteiger partial charge is 0.422 e. The molecule has 0 saturated heterocycles. The van der Waals surface area contributed by atoms with Crippen molar-refractivity contribution >= 4 is 23.6 Å². The Kier molecular flexibility index (Phi) is 5.46. The number of hydrogen-bond donors (Lipinski definition) is 3. The number of ether oxygens (including phenoxy) is 1. The van der Waals surface area contributed by atoms with Crippen LogP contribution in [0.3, 0.4) is 0 Å². The van der Waals surface area contributed by atoms with Gasteiger partial charge in [0.05, 0.1) is 17.1 Å². The van der Waals surface area contributed by atoms with Gasteiger partial charge in [-0.25, -0.2) is 4.79 Å². The number of anilines is 3. The highest BCUT2D eigenvalue weighted by atomic mass is 19.4. The van der Waals surface area contributed by atoms with Crippen LogP contribution in [0.25, 0.3) is 0 Å². The molecule has 1 aromatic carbocycles. The third-order valence-corrected chi connectivity index (χ3v) is 4.44. The minimum Gasteiger partial charge on any atom is -0.453 e. The van der Waals surface area contributed by atoms with E-state index in [1.807, 2.05) is 0 Å². The molecule has 1 aliphatic heterocycles. The molecule has 13 heteroatoms. The molecule has 31 heavy (non-hydrogen) atoms. The number of esters is 1. The molecule has 5 N–H and O–H groups in total. The van der Waals surface area contributed by atoms with E-state index in [0.29, 0.717) is 0 Å². The molecule has 0 amide bonds. The molecule has 1 unspecified atom stereocenters. The van der Waals surface area contributed by atoms with Crippen molar-refractivity contribution in [2.45, 2.75) is 25.2 Å². The molecule has 1 aliphatic rings. The van der Waals surface area contributed by atoms with Gasteiger partial charge in [0.15, 0.2) is 6.61 Å². The van der Waals surface area contributed by atoms with Crippen molar-refractivity contribution in [3.8, 4) is 0 Å². The summed E-state index contributed by atoms with van der Waals surface area (Å²) in [7, 11) is 0. The lowest BCUT2D eigenvalue weighted by Crippen LogP contribution is -2.30. The van der Waals surface area contributed by atoms with Gasteiger partial charge in [-0.15, -0.1) is 0 Å². The van der Waals surface area contributed by atoms with E-state index < -0.39 is 47.5 Å². The highest BCUT2D eigenvalue weighted by Gasteiger charge is 2.42. The fraction of sp³-hybridized carbons (Fsp3) is 0.278. The molecule has 0 radical (unpaired) electrons. The summed E-state index contributed by atoms with van der Waals surface area (Å²) in [5.41, 5.74) is 9.17. The summed E-state index contributed by atoms with van der Waals surface area (Å²) in [5.74, 6) is -3.73. The second-order valence-corrected chi connectivity index (χ2v) is 6.60. The van der Waals surface area contributed by atoms with Crippen LogP contribution >= 0.6 is 0 Å². The molecule has 2 heterocycles. The zero-order valence-electron chi connectivity index (χ0n) is 15.7. The van der Waals surface area contributed by atoms with Crippen molar-refractivity contribution in [2.24, 2.45) is 0 Å². The first kappa shape index (κ1) is 22.2. The number of fused-ring (bicyclic) bond motifs is 1. The summed E-state index contributed by atoms with van der Waals surface area (Å²) in [6.45, 7) is -0.637. The largest absolute Gasteiger partial charge is 0.453 e. The number of nitrogen functional groups attached to an aromatic ring is 2. The number of aromatic nitrogens is 2. The van der Waals surface area contributed by atoms with E-state index >= 15 is 0 Å². The fourth-order valence-corrected chi connectivity index (χ4v) is 3.30. The second-order valence-electron chi connectivity index (χ2n) is 6.60. The average molecular weight is 447 g/mol. The van der Waals surface area contributed by atoms with Crippen LogP contribution < -0.4 is 16.8 Å². The average Bonchev–Trinajstić information content (AvgIpc) is 2.63. The number of nitrogens with one attached hydrogen (secondary N) is 1. The number of nitrogens with zero attached hydrogens (tertiary/aromatic N) is 2. The fourth-order valence-electron chi connectivity index (χ4n) is 3.30. The zero-order valence-corrected chi connectivity index (χ0v) is 15.7. The Morgan fingerprint density at radius 3 is 2.39 bits per heavy atom. The molecule has 1 aromatic heterocycles. The predicted molar refractivity (Wildman–Crippen MR) is 97.5 cm³/mol. The van der Waals surface area contributed by atoms with E-state index in [4.69, 9.17) is 11.5 Å². The summed E-state index contributed by atoms with van der Waals surface area (Å²) < 4.78 is 83.1. The number of rotatable bonds is 3. The van der Waals surface area contributed by atoms with Gasteiger partial charge in [0.2, 0.25) is 5.95 Å². The summed E-state index contributed by atoms with van der Waals surface area (Å²) in [6, 6.07) is 4.28. The Hall–Kier alpha value is -3.51.